The fraction of sp³-hybridized carbons (Fsp3) is 0.318. The van der Waals surface area contributed by atoms with Crippen LogP contribution in [0.4, 0.5) is 14.5 Å². The molecular formula is C22H24F2N6O2. The van der Waals surface area contributed by atoms with E-state index in [9.17, 15) is 18.4 Å². The average Bonchev–Trinajstić information content (AvgIpc) is 3.20. The van der Waals surface area contributed by atoms with Crippen LogP contribution in [0.3, 0.4) is 0 Å². The zero-order valence-corrected chi connectivity index (χ0v) is 17.8. The van der Waals surface area contributed by atoms with Gasteiger partial charge in [0.1, 0.15) is 24.7 Å². The number of amides is 2. The predicted octanol–water partition coefficient (Wildman–Crippen LogP) is 2.81. The van der Waals surface area contributed by atoms with Crippen LogP contribution in [0.5, 0.6) is 0 Å². The summed E-state index contributed by atoms with van der Waals surface area (Å²) in [6.07, 6.45) is 0.800. The van der Waals surface area contributed by atoms with Gasteiger partial charge in [0.2, 0.25) is 11.7 Å². The van der Waals surface area contributed by atoms with Crippen molar-refractivity contribution < 1.29 is 18.4 Å². The maximum absolute atomic E-state index is 13.8. The van der Waals surface area contributed by atoms with Crippen LogP contribution < -0.4 is 10.2 Å². The van der Waals surface area contributed by atoms with E-state index in [1.807, 2.05) is 13.8 Å². The van der Waals surface area contributed by atoms with Gasteiger partial charge in [-0.05, 0) is 60.0 Å². The zero-order valence-electron chi connectivity index (χ0n) is 17.8. The topological polar surface area (TPSA) is 93.0 Å². The second-order valence-electron chi connectivity index (χ2n) is 7.64. The van der Waals surface area contributed by atoms with Crippen LogP contribution in [-0.4, -0.2) is 45.1 Å². The molecular weight excluding hydrogens is 418 g/mol. The number of anilines is 1. The van der Waals surface area contributed by atoms with Crippen molar-refractivity contribution in [2.24, 2.45) is 5.92 Å². The molecule has 1 N–H and O–H groups in total. The highest BCUT2D eigenvalue weighted by molar-refractivity contribution is 5.98. The number of aromatic nitrogens is 4. The predicted molar refractivity (Wildman–Crippen MR) is 114 cm³/mol. The van der Waals surface area contributed by atoms with E-state index in [4.69, 9.17) is 0 Å². The van der Waals surface area contributed by atoms with Gasteiger partial charge in [-0.1, -0.05) is 19.9 Å². The number of hydrogen-bond acceptors (Lipinski definition) is 5. The van der Waals surface area contributed by atoms with E-state index < -0.39 is 17.5 Å². The van der Waals surface area contributed by atoms with Gasteiger partial charge in [-0.3, -0.25) is 9.59 Å². The summed E-state index contributed by atoms with van der Waals surface area (Å²) in [4.78, 5) is 27.6. The van der Waals surface area contributed by atoms with Crippen molar-refractivity contribution in [3.8, 4) is 11.4 Å². The number of benzene rings is 2. The van der Waals surface area contributed by atoms with Crippen molar-refractivity contribution in [3.63, 3.8) is 0 Å². The van der Waals surface area contributed by atoms with Gasteiger partial charge < -0.3 is 10.2 Å². The number of nitrogens with zero attached hydrogens (tertiary/aromatic N) is 5. The molecule has 0 radical (unpaired) electrons. The summed E-state index contributed by atoms with van der Waals surface area (Å²) >= 11 is 0. The molecule has 0 aliphatic carbocycles. The van der Waals surface area contributed by atoms with E-state index >= 15 is 0 Å². The lowest BCUT2D eigenvalue weighted by Gasteiger charge is -2.22. The molecule has 2 amide bonds. The summed E-state index contributed by atoms with van der Waals surface area (Å²) in [7, 11) is 0. The van der Waals surface area contributed by atoms with Crippen molar-refractivity contribution in [2.45, 2.75) is 26.8 Å². The maximum atomic E-state index is 13.8. The molecule has 0 aliphatic heterocycles. The molecule has 0 saturated heterocycles. The minimum atomic E-state index is -0.530. The molecule has 3 aromatic rings. The van der Waals surface area contributed by atoms with Crippen molar-refractivity contribution in [3.05, 3.63) is 60.2 Å². The highest BCUT2D eigenvalue weighted by Crippen LogP contribution is 2.17. The lowest BCUT2D eigenvalue weighted by molar-refractivity contribution is -0.124. The number of nitrogens with one attached hydrogen (secondary N) is 1. The Hall–Kier alpha value is -3.69. The first-order valence-electron chi connectivity index (χ1n) is 10.2. The van der Waals surface area contributed by atoms with Crippen LogP contribution in [-0.2, 0) is 16.1 Å². The molecule has 32 heavy (non-hydrogen) atoms. The molecule has 0 aliphatic rings. The van der Waals surface area contributed by atoms with E-state index in [1.54, 1.807) is 6.07 Å². The van der Waals surface area contributed by atoms with Gasteiger partial charge in [-0.25, -0.2) is 8.78 Å². The number of tetrazole rings is 1. The van der Waals surface area contributed by atoms with Gasteiger partial charge in [0, 0.05) is 17.8 Å². The highest BCUT2D eigenvalue weighted by atomic mass is 19.1. The van der Waals surface area contributed by atoms with Crippen LogP contribution in [0.2, 0.25) is 0 Å². The quantitative estimate of drug-likeness (QED) is 0.550. The third-order valence-electron chi connectivity index (χ3n) is 4.60. The Morgan fingerprint density at radius 1 is 1.09 bits per heavy atom. The van der Waals surface area contributed by atoms with Gasteiger partial charge in [0.15, 0.2) is 0 Å². The standard InChI is InChI=1S/C22H24F2N6O2/c1-15(2)10-11-25-20(31)13-29(19-5-3-4-18(24)12-19)21(32)14-30-27-22(26-28-30)16-6-8-17(23)9-7-16/h3-9,12,15H,10-11,13-14H2,1-2H3,(H,25,31). The van der Waals surface area contributed by atoms with Crippen LogP contribution in [0.25, 0.3) is 11.4 Å². The van der Waals surface area contributed by atoms with Gasteiger partial charge in [-0.15, -0.1) is 10.2 Å². The van der Waals surface area contributed by atoms with Crippen molar-refractivity contribution in [1.29, 1.82) is 0 Å². The van der Waals surface area contributed by atoms with E-state index in [2.05, 4.69) is 20.7 Å². The molecule has 2 aromatic carbocycles. The molecule has 0 fully saturated rings. The van der Waals surface area contributed by atoms with Gasteiger partial charge in [0.25, 0.3) is 5.91 Å². The van der Waals surface area contributed by atoms with E-state index in [1.165, 1.54) is 47.4 Å². The monoisotopic (exact) mass is 442 g/mol. The molecule has 0 saturated carbocycles. The smallest absolute Gasteiger partial charge is 0.251 e. The summed E-state index contributed by atoms with van der Waals surface area (Å²) in [6, 6.07) is 11.0. The molecule has 0 unspecified atom stereocenters. The third-order valence-corrected chi connectivity index (χ3v) is 4.60. The Morgan fingerprint density at radius 3 is 2.53 bits per heavy atom. The van der Waals surface area contributed by atoms with E-state index in [-0.39, 0.29) is 30.5 Å². The first kappa shape index (κ1) is 23.0. The summed E-state index contributed by atoms with van der Waals surface area (Å²) in [5.74, 6) is -1.15. The van der Waals surface area contributed by atoms with Gasteiger partial charge >= 0.3 is 0 Å². The summed E-state index contributed by atoms with van der Waals surface area (Å²) < 4.78 is 26.9. The minimum Gasteiger partial charge on any atom is -0.355 e. The molecule has 0 bridgehead atoms. The summed E-state index contributed by atoms with van der Waals surface area (Å²) in [5.41, 5.74) is 0.782. The van der Waals surface area contributed by atoms with Crippen molar-refractivity contribution in [1.82, 2.24) is 25.5 Å². The van der Waals surface area contributed by atoms with Crippen LogP contribution >= 0.6 is 0 Å². The molecule has 1 heterocycles. The van der Waals surface area contributed by atoms with Crippen LogP contribution in [0.1, 0.15) is 20.3 Å². The number of hydrogen-bond donors (Lipinski definition) is 1. The molecule has 10 heteroatoms. The average molecular weight is 442 g/mol. The third kappa shape index (κ3) is 6.40. The second kappa shape index (κ2) is 10.6. The van der Waals surface area contributed by atoms with Crippen LogP contribution in [0.15, 0.2) is 48.5 Å². The van der Waals surface area contributed by atoms with Gasteiger partial charge in [-0.2, -0.15) is 4.80 Å². The number of carbonyl (C=O) groups is 2. The molecule has 3 rings (SSSR count). The van der Waals surface area contributed by atoms with E-state index in [0.717, 1.165) is 11.2 Å². The largest absolute Gasteiger partial charge is 0.355 e. The molecule has 168 valence electrons. The fourth-order valence-corrected chi connectivity index (χ4v) is 2.90. The Balaban J connectivity index is 1.73. The molecule has 1 aromatic heterocycles. The Kier molecular flexibility index (Phi) is 7.58. The Morgan fingerprint density at radius 2 is 1.84 bits per heavy atom. The first-order chi connectivity index (χ1) is 15.3. The Labute approximate surface area is 184 Å². The number of carbonyl (C=O) groups excluding carboxylic acids is 2. The van der Waals surface area contributed by atoms with Crippen LogP contribution in [0, 0.1) is 17.6 Å². The lowest BCUT2D eigenvalue weighted by atomic mass is 10.1. The summed E-state index contributed by atoms with van der Waals surface area (Å²) in [5, 5.41) is 14.7. The SMILES string of the molecule is CC(C)CCNC(=O)CN(C(=O)Cn1nnc(-c2ccc(F)cc2)n1)c1cccc(F)c1. The zero-order chi connectivity index (χ0) is 23.1. The minimum absolute atomic E-state index is 0.224. The van der Waals surface area contributed by atoms with E-state index in [0.29, 0.717) is 18.0 Å². The first-order valence-corrected chi connectivity index (χ1v) is 10.2. The maximum Gasteiger partial charge on any atom is 0.251 e. The molecule has 8 nitrogen and oxygen atoms in total. The normalized spacial score (nSPS) is 10.9. The Bertz CT molecular complexity index is 1070. The number of halogens is 2. The van der Waals surface area contributed by atoms with Crippen molar-refractivity contribution >= 4 is 17.5 Å². The summed E-state index contributed by atoms with van der Waals surface area (Å²) in [6.45, 7) is 3.97. The van der Waals surface area contributed by atoms with Gasteiger partial charge in [0.05, 0.1) is 0 Å². The number of rotatable bonds is 9. The fourth-order valence-electron chi connectivity index (χ4n) is 2.90. The lowest BCUT2D eigenvalue weighted by Crippen LogP contribution is -2.43. The molecule has 0 spiro atoms. The molecule has 0 atom stereocenters. The highest BCUT2D eigenvalue weighted by Gasteiger charge is 2.21. The second-order valence-corrected chi connectivity index (χ2v) is 7.64. The van der Waals surface area contributed by atoms with Crippen molar-refractivity contribution in [2.75, 3.05) is 18.0 Å².